The Hall–Kier alpha value is -2.24. The Balaban J connectivity index is 1.79. The highest BCUT2D eigenvalue weighted by molar-refractivity contribution is 5.58. The number of rotatable bonds is 4. The molecule has 2 N–H and O–H groups in total. The maximum Gasteiger partial charge on any atom is 0.225 e. The van der Waals surface area contributed by atoms with E-state index >= 15 is 0 Å². The zero-order chi connectivity index (χ0) is 15.5. The molecule has 1 aliphatic carbocycles. The van der Waals surface area contributed by atoms with Gasteiger partial charge in [-0.15, -0.1) is 0 Å². The number of hydrogen-bond acceptors (Lipinski definition) is 4. The SMILES string of the molecule is Cc1cc(Nc2ccc(F)cc2F)nc(NC2CCCC2)n1. The number of aryl methyl sites for hydroxylation is 1. The van der Waals surface area contributed by atoms with Crippen LogP contribution in [0.1, 0.15) is 31.4 Å². The minimum atomic E-state index is -0.651. The molecule has 2 aromatic rings. The van der Waals surface area contributed by atoms with Gasteiger partial charge < -0.3 is 10.6 Å². The van der Waals surface area contributed by atoms with E-state index in [1.54, 1.807) is 6.07 Å². The van der Waals surface area contributed by atoms with E-state index in [-0.39, 0.29) is 5.69 Å². The van der Waals surface area contributed by atoms with Crippen LogP contribution in [0.15, 0.2) is 24.3 Å². The van der Waals surface area contributed by atoms with Gasteiger partial charge in [0, 0.05) is 23.9 Å². The Labute approximate surface area is 128 Å². The highest BCUT2D eigenvalue weighted by Crippen LogP contribution is 2.23. The molecule has 0 amide bonds. The van der Waals surface area contributed by atoms with Crippen LogP contribution in [0.4, 0.5) is 26.2 Å². The fourth-order valence-corrected chi connectivity index (χ4v) is 2.68. The van der Waals surface area contributed by atoms with Gasteiger partial charge in [0.15, 0.2) is 0 Å². The molecule has 1 fully saturated rings. The van der Waals surface area contributed by atoms with Gasteiger partial charge in [-0.3, -0.25) is 0 Å². The third-order valence-corrected chi connectivity index (χ3v) is 3.74. The highest BCUT2D eigenvalue weighted by atomic mass is 19.1. The molecule has 1 aromatic heterocycles. The smallest absolute Gasteiger partial charge is 0.225 e. The molecule has 0 spiro atoms. The Morgan fingerprint density at radius 2 is 1.86 bits per heavy atom. The van der Waals surface area contributed by atoms with Gasteiger partial charge in [-0.25, -0.2) is 13.8 Å². The first-order chi connectivity index (χ1) is 10.6. The van der Waals surface area contributed by atoms with Crippen molar-refractivity contribution in [3.8, 4) is 0 Å². The van der Waals surface area contributed by atoms with Gasteiger partial charge in [-0.05, 0) is 31.9 Å². The Morgan fingerprint density at radius 1 is 1.09 bits per heavy atom. The van der Waals surface area contributed by atoms with Crippen molar-refractivity contribution in [3.05, 3.63) is 41.6 Å². The van der Waals surface area contributed by atoms with Gasteiger partial charge in [-0.2, -0.15) is 4.98 Å². The van der Waals surface area contributed by atoms with Crippen molar-refractivity contribution in [2.75, 3.05) is 10.6 Å². The van der Waals surface area contributed by atoms with E-state index in [0.717, 1.165) is 24.6 Å². The fraction of sp³-hybridized carbons (Fsp3) is 0.375. The first-order valence-corrected chi connectivity index (χ1v) is 7.44. The lowest BCUT2D eigenvalue weighted by atomic mass is 10.2. The van der Waals surface area contributed by atoms with Crippen LogP contribution in [0.3, 0.4) is 0 Å². The molecule has 116 valence electrons. The maximum absolute atomic E-state index is 13.7. The standard InChI is InChI=1S/C16H18F2N4/c1-10-8-15(21-14-7-6-11(17)9-13(14)18)22-16(19-10)20-12-4-2-3-5-12/h6-9,12H,2-5H2,1H3,(H2,19,20,21,22). The summed E-state index contributed by atoms with van der Waals surface area (Å²) in [7, 11) is 0. The molecule has 4 nitrogen and oxygen atoms in total. The van der Waals surface area contributed by atoms with E-state index in [1.807, 2.05) is 6.92 Å². The average Bonchev–Trinajstić information content (AvgIpc) is 2.94. The summed E-state index contributed by atoms with van der Waals surface area (Å²) in [6.45, 7) is 1.85. The van der Waals surface area contributed by atoms with Crippen LogP contribution in [0.2, 0.25) is 0 Å². The second kappa shape index (κ2) is 6.25. The molecule has 6 heteroatoms. The van der Waals surface area contributed by atoms with Crippen molar-refractivity contribution >= 4 is 17.5 Å². The molecular formula is C16H18F2N4. The van der Waals surface area contributed by atoms with Gasteiger partial charge in [0.05, 0.1) is 5.69 Å². The highest BCUT2D eigenvalue weighted by Gasteiger charge is 2.16. The summed E-state index contributed by atoms with van der Waals surface area (Å²) < 4.78 is 26.6. The van der Waals surface area contributed by atoms with E-state index in [0.29, 0.717) is 17.8 Å². The Kier molecular flexibility index (Phi) is 4.18. The lowest BCUT2D eigenvalue weighted by Gasteiger charge is -2.14. The van der Waals surface area contributed by atoms with Gasteiger partial charge >= 0.3 is 0 Å². The van der Waals surface area contributed by atoms with E-state index in [1.165, 1.54) is 25.0 Å². The number of halogens is 2. The maximum atomic E-state index is 13.7. The van der Waals surface area contributed by atoms with Crippen LogP contribution in [0.5, 0.6) is 0 Å². The molecular weight excluding hydrogens is 286 g/mol. The largest absolute Gasteiger partial charge is 0.351 e. The van der Waals surface area contributed by atoms with Crippen LogP contribution in [-0.4, -0.2) is 16.0 Å². The number of benzene rings is 1. The van der Waals surface area contributed by atoms with E-state index in [9.17, 15) is 8.78 Å². The molecule has 3 rings (SSSR count). The first kappa shape index (κ1) is 14.7. The summed E-state index contributed by atoms with van der Waals surface area (Å²) in [6, 6.07) is 5.53. The fourth-order valence-electron chi connectivity index (χ4n) is 2.68. The summed E-state index contributed by atoms with van der Waals surface area (Å²) in [6.07, 6.45) is 4.67. The molecule has 22 heavy (non-hydrogen) atoms. The van der Waals surface area contributed by atoms with E-state index in [2.05, 4.69) is 20.6 Å². The van der Waals surface area contributed by atoms with Crippen molar-refractivity contribution < 1.29 is 8.78 Å². The predicted molar refractivity (Wildman–Crippen MR) is 82.3 cm³/mol. The lowest BCUT2D eigenvalue weighted by Crippen LogP contribution is -2.17. The molecule has 1 heterocycles. The number of hydrogen-bond donors (Lipinski definition) is 2. The Bertz CT molecular complexity index is 669. The molecule has 1 aliphatic rings. The zero-order valence-electron chi connectivity index (χ0n) is 12.4. The molecule has 1 saturated carbocycles. The third kappa shape index (κ3) is 3.50. The molecule has 0 radical (unpaired) electrons. The Morgan fingerprint density at radius 3 is 2.59 bits per heavy atom. The van der Waals surface area contributed by atoms with Gasteiger partial charge in [0.2, 0.25) is 5.95 Å². The van der Waals surface area contributed by atoms with Crippen molar-refractivity contribution in [2.24, 2.45) is 0 Å². The number of aromatic nitrogens is 2. The molecule has 1 aromatic carbocycles. The minimum absolute atomic E-state index is 0.186. The number of anilines is 3. The summed E-state index contributed by atoms with van der Waals surface area (Å²) in [5.74, 6) is -0.234. The number of nitrogens with one attached hydrogen (secondary N) is 2. The van der Waals surface area contributed by atoms with Crippen molar-refractivity contribution in [2.45, 2.75) is 38.6 Å². The van der Waals surface area contributed by atoms with Crippen molar-refractivity contribution in [3.63, 3.8) is 0 Å². The van der Waals surface area contributed by atoms with Crippen molar-refractivity contribution in [1.82, 2.24) is 9.97 Å². The quantitative estimate of drug-likeness (QED) is 0.890. The molecule has 0 aliphatic heterocycles. The van der Waals surface area contributed by atoms with Crippen LogP contribution in [0.25, 0.3) is 0 Å². The van der Waals surface area contributed by atoms with Crippen LogP contribution >= 0.6 is 0 Å². The second-order valence-electron chi connectivity index (χ2n) is 5.59. The van der Waals surface area contributed by atoms with Crippen LogP contribution < -0.4 is 10.6 Å². The lowest BCUT2D eigenvalue weighted by molar-refractivity contribution is 0.586. The van der Waals surface area contributed by atoms with Crippen LogP contribution in [0, 0.1) is 18.6 Å². The van der Waals surface area contributed by atoms with Crippen molar-refractivity contribution in [1.29, 1.82) is 0 Å². The summed E-state index contributed by atoms with van der Waals surface area (Å²) in [5.41, 5.74) is 0.965. The summed E-state index contributed by atoms with van der Waals surface area (Å²) in [5, 5.41) is 6.19. The molecule has 0 bridgehead atoms. The van der Waals surface area contributed by atoms with Gasteiger partial charge in [0.1, 0.15) is 17.5 Å². The summed E-state index contributed by atoms with van der Waals surface area (Å²) in [4.78, 5) is 8.72. The number of nitrogens with zero attached hydrogens (tertiary/aromatic N) is 2. The van der Waals surface area contributed by atoms with Gasteiger partial charge in [0.25, 0.3) is 0 Å². The van der Waals surface area contributed by atoms with E-state index in [4.69, 9.17) is 0 Å². The van der Waals surface area contributed by atoms with Crippen LogP contribution in [-0.2, 0) is 0 Å². The van der Waals surface area contributed by atoms with E-state index < -0.39 is 11.6 Å². The second-order valence-corrected chi connectivity index (χ2v) is 5.59. The molecule has 0 atom stereocenters. The first-order valence-electron chi connectivity index (χ1n) is 7.44. The summed E-state index contributed by atoms with van der Waals surface area (Å²) >= 11 is 0. The zero-order valence-corrected chi connectivity index (χ0v) is 12.4. The molecule has 0 saturated heterocycles. The third-order valence-electron chi connectivity index (χ3n) is 3.74. The monoisotopic (exact) mass is 304 g/mol. The van der Waals surface area contributed by atoms with Gasteiger partial charge in [-0.1, -0.05) is 12.8 Å². The normalized spacial score (nSPS) is 15.0. The minimum Gasteiger partial charge on any atom is -0.351 e. The predicted octanol–water partition coefficient (Wildman–Crippen LogP) is 4.16. The topological polar surface area (TPSA) is 49.8 Å². The molecule has 0 unspecified atom stereocenters. The average molecular weight is 304 g/mol.